The van der Waals surface area contributed by atoms with E-state index >= 15 is 4.39 Å². The predicted molar refractivity (Wildman–Crippen MR) is 158 cm³/mol. The van der Waals surface area contributed by atoms with Gasteiger partial charge in [0.05, 0.1) is 11.6 Å². The van der Waals surface area contributed by atoms with Gasteiger partial charge in [0.25, 0.3) is 5.91 Å². The first-order valence-corrected chi connectivity index (χ1v) is 13.3. The molecule has 1 aliphatic rings. The number of rotatable bonds is 9. The first-order chi connectivity index (χ1) is 19.0. The third-order valence-corrected chi connectivity index (χ3v) is 7.01. The number of nitrogens with zero attached hydrogens (tertiary/aromatic N) is 4. The van der Waals surface area contributed by atoms with Crippen molar-refractivity contribution in [3.63, 3.8) is 0 Å². The second-order valence-corrected chi connectivity index (χ2v) is 9.77. The van der Waals surface area contributed by atoms with Gasteiger partial charge in [-0.3, -0.25) is 9.69 Å². The molecule has 0 spiro atoms. The fourth-order valence-corrected chi connectivity index (χ4v) is 5.08. The van der Waals surface area contributed by atoms with Gasteiger partial charge in [0.2, 0.25) is 5.95 Å². The van der Waals surface area contributed by atoms with Crippen molar-refractivity contribution >= 4 is 46.5 Å². The number of carbonyl (C=O) groups is 1. The number of carbonyl (C=O) groups excluding carboxylic acids is 1. The number of hydrogen-bond acceptors (Lipinski definition) is 7. The van der Waals surface area contributed by atoms with Gasteiger partial charge in [-0.25, -0.2) is 19.3 Å². The van der Waals surface area contributed by atoms with Crippen LogP contribution in [-0.2, 0) is 11.2 Å². The number of amides is 1. The summed E-state index contributed by atoms with van der Waals surface area (Å²) in [5.41, 5.74) is 2.34. The molecule has 5 rings (SSSR count). The Balaban J connectivity index is 0.00000370. The summed E-state index contributed by atoms with van der Waals surface area (Å²) in [6, 6.07) is 14.1. The van der Waals surface area contributed by atoms with Gasteiger partial charge in [0.1, 0.15) is 11.6 Å². The van der Waals surface area contributed by atoms with Crippen molar-refractivity contribution < 1.29 is 13.9 Å². The van der Waals surface area contributed by atoms with Crippen LogP contribution in [-0.4, -0.2) is 53.7 Å². The van der Waals surface area contributed by atoms with Crippen LogP contribution in [0.3, 0.4) is 0 Å². The molecule has 1 aliphatic heterocycles. The van der Waals surface area contributed by atoms with Crippen LogP contribution in [0.1, 0.15) is 40.9 Å². The van der Waals surface area contributed by atoms with Crippen LogP contribution in [0, 0.1) is 12.7 Å². The van der Waals surface area contributed by atoms with E-state index in [2.05, 4.69) is 25.6 Å². The molecule has 210 valence electrons. The van der Waals surface area contributed by atoms with E-state index in [-0.39, 0.29) is 24.0 Å². The van der Waals surface area contributed by atoms with Crippen LogP contribution >= 0.6 is 12.4 Å². The normalized spacial score (nSPS) is 14.9. The molecule has 0 unspecified atom stereocenters. The van der Waals surface area contributed by atoms with Gasteiger partial charge in [0, 0.05) is 49.4 Å². The van der Waals surface area contributed by atoms with Gasteiger partial charge < -0.3 is 15.4 Å². The SMILES string of the molecule is COCCCc1ccnc(Nc2ccc(C(=O)N(c3nccc4cccc(C)c34)[C@@H]3CCCNC3)c(F)c2)n1.Cl. The highest BCUT2D eigenvalue weighted by atomic mass is 35.5. The lowest BCUT2D eigenvalue weighted by molar-refractivity contribution is 0.0968. The number of anilines is 3. The number of benzene rings is 2. The van der Waals surface area contributed by atoms with Crippen LogP contribution in [0.5, 0.6) is 0 Å². The molecule has 1 fully saturated rings. The Hall–Kier alpha value is -3.66. The molecule has 2 aromatic carbocycles. The van der Waals surface area contributed by atoms with Crippen LogP contribution in [0.4, 0.5) is 21.8 Å². The maximum atomic E-state index is 15.5. The second kappa shape index (κ2) is 13.6. The quantitative estimate of drug-likeness (QED) is 0.255. The summed E-state index contributed by atoms with van der Waals surface area (Å²) in [6.07, 6.45) is 6.70. The molecule has 2 aromatic heterocycles. The fourth-order valence-electron chi connectivity index (χ4n) is 5.08. The number of aryl methyl sites for hydroxylation is 2. The summed E-state index contributed by atoms with van der Waals surface area (Å²) in [5.74, 6) is -0.0994. The molecule has 40 heavy (non-hydrogen) atoms. The minimum absolute atomic E-state index is 0. The third-order valence-electron chi connectivity index (χ3n) is 7.01. The van der Waals surface area contributed by atoms with Gasteiger partial charge in [-0.05, 0) is 80.4 Å². The smallest absolute Gasteiger partial charge is 0.262 e. The average molecular weight is 565 g/mol. The average Bonchev–Trinajstić information content (AvgIpc) is 2.94. The molecule has 0 radical (unpaired) electrons. The van der Waals surface area contributed by atoms with Gasteiger partial charge in [-0.1, -0.05) is 18.2 Å². The predicted octanol–water partition coefficient (Wildman–Crippen LogP) is 5.62. The Kier molecular flexibility index (Phi) is 9.98. The van der Waals surface area contributed by atoms with Gasteiger partial charge in [-0.2, -0.15) is 0 Å². The summed E-state index contributed by atoms with van der Waals surface area (Å²) in [7, 11) is 1.67. The zero-order valence-corrected chi connectivity index (χ0v) is 23.5. The number of nitrogens with one attached hydrogen (secondary N) is 2. The number of halogens is 2. The van der Waals surface area contributed by atoms with Gasteiger partial charge in [0.15, 0.2) is 0 Å². The molecule has 1 atom stereocenters. The highest BCUT2D eigenvalue weighted by Gasteiger charge is 2.31. The summed E-state index contributed by atoms with van der Waals surface area (Å²) in [4.78, 5) is 29.1. The largest absolute Gasteiger partial charge is 0.385 e. The minimum atomic E-state index is -0.619. The van der Waals surface area contributed by atoms with Crippen molar-refractivity contribution in [2.24, 2.45) is 0 Å². The zero-order chi connectivity index (χ0) is 27.2. The standard InChI is InChI=1S/C30H33FN6O2.ClH/c1-20-6-3-7-21-12-15-33-28(27(20)21)37(24-9-4-14-32-19-24)29(38)25-11-10-23(18-26(25)31)36-30-34-16-13-22(35-30)8-5-17-39-2;/h3,6-7,10-13,15-16,18,24,32H,4-5,8-9,14,17,19H2,1-2H3,(H,34,35,36);1H/t24-;/m1./s1. The number of aromatic nitrogens is 3. The van der Waals surface area contributed by atoms with E-state index in [4.69, 9.17) is 4.74 Å². The number of hydrogen-bond donors (Lipinski definition) is 2. The van der Waals surface area contributed by atoms with Crippen LogP contribution in [0.15, 0.2) is 60.9 Å². The first-order valence-electron chi connectivity index (χ1n) is 13.3. The second-order valence-electron chi connectivity index (χ2n) is 9.77. The Labute approximate surface area is 239 Å². The van der Waals surface area contributed by atoms with Crippen molar-refractivity contribution in [2.45, 2.75) is 38.6 Å². The maximum Gasteiger partial charge on any atom is 0.262 e. The summed E-state index contributed by atoms with van der Waals surface area (Å²) in [6.45, 7) is 4.17. The van der Waals surface area contributed by atoms with E-state index in [1.165, 1.54) is 12.1 Å². The molecule has 0 bridgehead atoms. The van der Waals surface area contributed by atoms with Crippen molar-refractivity contribution in [1.82, 2.24) is 20.3 Å². The molecule has 10 heteroatoms. The molecule has 1 amide bonds. The van der Waals surface area contributed by atoms with E-state index in [1.807, 2.05) is 37.3 Å². The Morgan fingerprint density at radius 3 is 2.80 bits per heavy atom. The molecular weight excluding hydrogens is 531 g/mol. The number of ether oxygens (including phenoxy) is 1. The van der Waals surface area contributed by atoms with E-state index in [1.54, 1.807) is 30.5 Å². The van der Waals surface area contributed by atoms with Gasteiger partial charge >= 0.3 is 0 Å². The van der Waals surface area contributed by atoms with E-state index in [0.717, 1.165) is 54.3 Å². The molecular formula is C30H34ClFN6O2. The molecule has 1 saturated heterocycles. The van der Waals surface area contributed by atoms with E-state index in [9.17, 15) is 4.79 Å². The maximum absolute atomic E-state index is 15.5. The van der Waals surface area contributed by atoms with Crippen LogP contribution in [0.2, 0.25) is 0 Å². The molecule has 8 nitrogen and oxygen atoms in total. The highest BCUT2D eigenvalue weighted by molar-refractivity contribution is 6.11. The lowest BCUT2D eigenvalue weighted by Gasteiger charge is -2.35. The number of methoxy groups -OCH3 is 1. The van der Waals surface area contributed by atoms with Crippen molar-refractivity contribution in [2.75, 3.05) is 37.0 Å². The zero-order valence-electron chi connectivity index (χ0n) is 22.7. The third kappa shape index (κ3) is 6.55. The lowest BCUT2D eigenvalue weighted by Crippen LogP contribution is -2.49. The summed E-state index contributed by atoms with van der Waals surface area (Å²) < 4.78 is 20.7. The van der Waals surface area contributed by atoms with Crippen LogP contribution < -0.4 is 15.5 Å². The molecule has 0 saturated carbocycles. The lowest BCUT2D eigenvalue weighted by atomic mass is 10.0. The highest BCUT2D eigenvalue weighted by Crippen LogP contribution is 2.32. The molecule has 4 aromatic rings. The van der Waals surface area contributed by atoms with Crippen molar-refractivity contribution in [1.29, 1.82) is 0 Å². The summed E-state index contributed by atoms with van der Waals surface area (Å²) >= 11 is 0. The van der Waals surface area contributed by atoms with Crippen molar-refractivity contribution in [3.05, 3.63) is 83.6 Å². The Morgan fingerprint density at radius 2 is 2.02 bits per heavy atom. The number of piperidine rings is 1. The molecule has 2 N–H and O–H groups in total. The number of fused-ring (bicyclic) bond motifs is 1. The fraction of sp³-hybridized carbons (Fsp3) is 0.333. The minimum Gasteiger partial charge on any atom is -0.385 e. The van der Waals surface area contributed by atoms with E-state index < -0.39 is 11.7 Å². The number of pyridine rings is 1. The monoisotopic (exact) mass is 564 g/mol. The first kappa shape index (κ1) is 29.3. The summed E-state index contributed by atoms with van der Waals surface area (Å²) in [5, 5.41) is 8.33. The molecule has 0 aliphatic carbocycles. The Bertz CT molecular complexity index is 1460. The topological polar surface area (TPSA) is 92.3 Å². The van der Waals surface area contributed by atoms with Crippen molar-refractivity contribution in [3.8, 4) is 0 Å². The Morgan fingerprint density at radius 1 is 1.18 bits per heavy atom. The molecule has 3 heterocycles. The van der Waals surface area contributed by atoms with Crippen LogP contribution in [0.25, 0.3) is 10.8 Å². The van der Waals surface area contributed by atoms with E-state index in [0.29, 0.717) is 30.6 Å². The van der Waals surface area contributed by atoms with Gasteiger partial charge in [-0.15, -0.1) is 12.4 Å².